The van der Waals surface area contributed by atoms with Crippen LogP contribution in [0, 0.1) is 0 Å². The zero-order valence-corrected chi connectivity index (χ0v) is 10.3. The van der Waals surface area contributed by atoms with Crippen LogP contribution in [0.3, 0.4) is 0 Å². The molecule has 3 amide bonds. The van der Waals surface area contributed by atoms with E-state index < -0.39 is 16.6 Å². The van der Waals surface area contributed by atoms with Crippen LogP contribution in [0.25, 0.3) is 0 Å². The number of amides is 3. The first-order valence-electron chi connectivity index (χ1n) is 6.16. The summed E-state index contributed by atoms with van der Waals surface area (Å²) >= 11 is 0. The lowest BCUT2D eigenvalue weighted by Gasteiger charge is -2.31. The van der Waals surface area contributed by atoms with Gasteiger partial charge in [-0.05, 0) is 12.5 Å². The number of hydroxylamine groups is 2. The van der Waals surface area contributed by atoms with Crippen LogP contribution in [-0.4, -0.2) is 23.7 Å². The summed E-state index contributed by atoms with van der Waals surface area (Å²) in [6.45, 7) is 2.33. The van der Waals surface area contributed by atoms with Crippen LogP contribution in [0.15, 0.2) is 24.3 Å². The van der Waals surface area contributed by atoms with Gasteiger partial charge in [0.15, 0.2) is 5.69 Å². The second-order valence-electron chi connectivity index (χ2n) is 4.48. The minimum absolute atomic E-state index is 0.282. The van der Waals surface area contributed by atoms with Crippen molar-refractivity contribution < 1.29 is 14.8 Å². The molecule has 1 aromatic carbocycles. The summed E-state index contributed by atoms with van der Waals surface area (Å²) in [5.74, 6) is -0.450. The number of urea groups is 1. The molecule has 1 unspecified atom stereocenters. The van der Waals surface area contributed by atoms with E-state index in [-0.39, 0.29) is 6.54 Å². The monoisotopic (exact) mass is 249 g/mol. The van der Waals surface area contributed by atoms with Crippen molar-refractivity contribution >= 4 is 17.6 Å². The zero-order chi connectivity index (χ0) is 13.2. The van der Waals surface area contributed by atoms with Crippen molar-refractivity contribution in [2.24, 2.45) is 0 Å². The van der Waals surface area contributed by atoms with Gasteiger partial charge < -0.3 is 0 Å². The number of carbonyl (C=O) groups is 2. The van der Waals surface area contributed by atoms with E-state index in [1.54, 1.807) is 24.3 Å². The average molecular weight is 249 g/mol. The molecule has 1 heterocycles. The Kier molecular flexibility index (Phi) is 3.45. The molecule has 0 spiro atoms. The minimum Gasteiger partial charge on any atom is -0.268 e. The minimum atomic E-state index is -0.831. The number of carbonyl (C=O) groups excluding carboxylic acids is 2. The van der Waals surface area contributed by atoms with Gasteiger partial charge in [0, 0.05) is 12.5 Å². The Labute approximate surface area is 106 Å². The van der Waals surface area contributed by atoms with Gasteiger partial charge in [-0.2, -0.15) is 0 Å². The maximum atomic E-state index is 11.9. The fourth-order valence-corrected chi connectivity index (χ4v) is 2.17. The van der Waals surface area contributed by atoms with Gasteiger partial charge in [-0.15, -0.1) is 0 Å². The average Bonchev–Trinajstić information content (AvgIpc) is 2.37. The topological polar surface area (TPSA) is 66.4 Å². The number of hydrogen-bond donors (Lipinski definition) is 2. The van der Waals surface area contributed by atoms with Crippen molar-refractivity contribution in [1.29, 1.82) is 0 Å². The second-order valence-corrected chi connectivity index (χ2v) is 4.48. The number of hydrogen-bond acceptors (Lipinski definition) is 3. The Bertz CT molecular complexity index is 487. The Morgan fingerprint density at radius 3 is 2.67 bits per heavy atom. The lowest BCUT2D eigenvalue weighted by atomic mass is 10.1. The van der Waals surface area contributed by atoms with Gasteiger partial charge in [0.05, 0.1) is 0 Å². The van der Waals surface area contributed by atoms with E-state index in [1.165, 1.54) is 0 Å². The highest BCUT2D eigenvalue weighted by Crippen LogP contribution is 2.29. The SMILES string of the molecule is CCCCC[N+]1(O)C(=O)NC(=O)c2ccccc21. The normalized spacial score (nSPS) is 22.6. The summed E-state index contributed by atoms with van der Waals surface area (Å²) in [6, 6.07) is 5.99. The molecule has 0 aromatic heterocycles. The highest BCUT2D eigenvalue weighted by molar-refractivity contribution is 6.14. The van der Waals surface area contributed by atoms with Crippen molar-refractivity contribution in [2.75, 3.05) is 6.54 Å². The lowest BCUT2D eigenvalue weighted by molar-refractivity contribution is -0.0381. The molecule has 0 aliphatic carbocycles. The van der Waals surface area contributed by atoms with Gasteiger partial charge in [-0.3, -0.25) is 4.79 Å². The van der Waals surface area contributed by atoms with Crippen molar-refractivity contribution in [3.05, 3.63) is 29.8 Å². The van der Waals surface area contributed by atoms with E-state index in [0.29, 0.717) is 11.3 Å². The Balaban J connectivity index is 2.37. The van der Waals surface area contributed by atoms with Crippen molar-refractivity contribution in [3.8, 4) is 0 Å². The molecule has 0 fully saturated rings. The molecular formula is C13H17N2O3+. The van der Waals surface area contributed by atoms with E-state index in [4.69, 9.17) is 0 Å². The summed E-state index contributed by atoms with van der Waals surface area (Å²) in [4.78, 5) is 23.5. The molecule has 5 heteroatoms. The molecule has 96 valence electrons. The molecular weight excluding hydrogens is 232 g/mol. The molecule has 0 saturated carbocycles. The summed E-state index contributed by atoms with van der Waals surface area (Å²) in [5.41, 5.74) is 0.721. The maximum absolute atomic E-state index is 11.9. The van der Waals surface area contributed by atoms with Gasteiger partial charge in [0.25, 0.3) is 5.91 Å². The highest BCUT2D eigenvalue weighted by atomic mass is 16.6. The largest absolute Gasteiger partial charge is 0.461 e. The third-order valence-electron chi connectivity index (χ3n) is 3.19. The van der Waals surface area contributed by atoms with Gasteiger partial charge in [-0.25, -0.2) is 15.3 Å². The fourth-order valence-electron chi connectivity index (χ4n) is 2.17. The van der Waals surface area contributed by atoms with Crippen LogP contribution in [0.5, 0.6) is 0 Å². The first-order valence-corrected chi connectivity index (χ1v) is 6.16. The number of nitrogens with zero attached hydrogens (tertiary/aromatic N) is 1. The smallest absolute Gasteiger partial charge is 0.268 e. The molecule has 1 aliphatic rings. The zero-order valence-electron chi connectivity index (χ0n) is 10.3. The highest BCUT2D eigenvalue weighted by Gasteiger charge is 2.46. The Hall–Kier alpha value is -1.72. The van der Waals surface area contributed by atoms with Crippen LogP contribution >= 0.6 is 0 Å². The number of rotatable bonds is 4. The molecule has 1 atom stereocenters. The van der Waals surface area contributed by atoms with E-state index in [0.717, 1.165) is 19.3 Å². The van der Waals surface area contributed by atoms with Gasteiger partial charge in [0.2, 0.25) is 0 Å². The third-order valence-corrected chi connectivity index (χ3v) is 3.19. The summed E-state index contributed by atoms with van der Waals surface area (Å²) in [5, 5.41) is 12.7. The quantitative estimate of drug-likeness (QED) is 0.489. The number of nitrogens with one attached hydrogen (secondary N) is 1. The molecule has 0 radical (unpaired) electrons. The number of benzene rings is 1. The van der Waals surface area contributed by atoms with Crippen LogP contribution < -0.4 is 9.96 Å². The standard InChI is InChI=1S/C13H16N2O3/c1-2-3-6-9-15(18)11-8-5-4-7-10(11)12(16)14-13(15)17/h4-5,7-8,18H,2-3,6,9H2,1H3/p+1. The molecule has 2 rings (SSSR count). The molecule has 1 aliphatic heterocycles. The molecule has 5 nitrogen and oxygen atoms in total. The number of imide groups is 1. The molecule has 1 aromatic rings. The fraction of sp³-hybridized carbons (Fsp3) is 0.385. The van der Waals surface area contributed by atoms with Gasteiger partial charge in [-0.1, -0.05) is 30.1 Å². The molecule has 2 N–H and O–H groups in total. The van der Waals surface area contributed by atoms with E-state index >= 15 is 0 Å². The van der Waals surface area contributed by atoms with Gasteiger partial charge >= 0.3 is 6.03 Å². The second kappa shape index (κ2) is 4.88. The van der Waals surface area contributed by atoms with Crippen molar-refractivity contribution in [3.63, 3.8) is 0 Å². The van der Waals surface area contributed by atoms with E-state index in [1.807, 2.05) is 0 Å². The Morgan fingerprint density at radius 1 is 1.22 bits per heavy atom. The molecule has 0 bridgehead atoms. The number of para-hydroxylation sites is 1. The van der Waals surface area contributed by atoms with Crippen molar-refractivity contribution in [2.45, 2.75) is 26.2 Å². The van der Waals surface area contributed by atoms with Gasteiger partial charge in [0.1, 0.15) is 12.1 Å². The predicted octanol–water partition coefficient (Wildman–Crippen LogP) is 2.44. The first kappa shape index (κ1) is 12.7. The number of unbranched alkanes of at least 4 members (excludes halogenated alkanes) is 2. The summed E-state index contributed by atoms with van der Waals surface area (Å²) < 4.78 is -0.831. The summed E-state index contributed by atoms with van der Waals surface area (Å²) in [6.07, 6.45) is 2.66. The maximum Gasteiger partial charge on any atom is 0.461 e. The third kappa shape index (κ3) is 2.02. The van der Waals surface area contributed by atoms with Crippen LogP contribution in [0.2, 0.25) is 0 Å². The van der Waals surface area contributed by atoms with Crippen molar-refractivity contribution in [1.82, 2.24) is 9.96 Å². The lowest BCUT2D eigenvalue weighted by Crippen LogP contribution is -2.61. The van der Waals surface area contributed by atoms with Crippen LogP contribution in [0.1, 0.15) is 36.5 Å². The first-order chi connectivity index (χ1) is 8.59. The predicted molar refractivity (Wildman–Crippen MR) is 67.3 cm³/mol. The number of fused-ring (bicyclic) bond motifs is 1. The molecule has 18 heavy (non-hydrogen) atoms. The molecule has 0 saturated heterocycles. The Morgan fingerprint density at radius 2 is 1.94 bits per heavy atom. The van der Waals surface area contributed by atoms with E-state index in [2.05, 4.69) is 12.2 Å². The number of quaternary nitrogens is 1. The van der Waals surface area contributed by atoms with Crippen LogP contribution in [0.4, 0.5) is 10.5 Å². The van der Waals surface area contributed by atoms with E-state index in [9.17, 15) is 14.8 Å². The van der Waals surface area contributed by atoms with Crippen LogP contribution in [-0.2, 0) is 0 Å². The summed E-state index contributed by atoms with van der Waals surface area (Å²) in [7, 11) is 0.